The van der Waals surface area contributed by atoms with Crippen molar-refractivity contribution in [2.45, 2.75) is 26.8 Å². The molecule has 2 aromatic rings. The molecule has 0 amide bonds. The SMILES string of the molecule is CCc1ccc(CNc2cc(OC)c(OC)cc2C)s1. The van der Waals surface area contributed by atoms with E-state index in [0.717, 1.165) is 35.7 Å². The Labute approximate surface area is 124 Å². The van der Waals surface area contributed by atoms with E-state index < -0.39 is 0 Å². The summed E-state index contributed by atoms with van der Waals surface area (Å²) >= 11 is 1.86. The van der Waals surface area contributed by atoms with Crippen LogP contribution in [0.2, 0.25) is 0 Å². The third-order valence-corrected chi connectivity index (χ3v) is 4.48. The van der Waals surface area contributed by atoms with Crippen molar-refractivity contribution in [2.24, 2.45) is 0 Å². The van der Waals surface area contributed by atoms with Gasteiger partial charge in [-0.05, 0) is 37.1 Å². The highest BCUT2D eigenvalue weighted by atomic mass is 32.1. The van der Waals surface area contributed by atoms with Crippen molar-refractivity contribution in [2.75, 3.05) is 19.5 Å². The number of rotatable bonds is 6. The molecule has 1 aromatic carbocycles. The van der Waals surface area contributed by atoms with Gasteiger partial charge in [0.25, 0.3) is 0 Å². The van der Waals surface area contributed by atoms with Gasteiger partial charge < -0.3 is 14.8 Å². The minimum absolute atomic E-state index is 0.751. The van der Waals surface area contributed by atoms with Gasteiger partial charge in [-0.15, -0.1) is 11.3 Å². The van der Waals surface area contributed by atoms with Crippen LogP contribution in [0.3, 0.4) is 0 Å². The lowest BCUT2D eigenvalue weighted by atomic mass is 10.1. The lowest BCUT2D eigenvalue weighted by Gasteiger charge is -2.14. The van der Waals surface area contributed by atoms with Gasteiger partial charge in [0.05, 0.1) is 14.2 Å². The standard InChI is InChI=1S/C16H21NO2S/c1-5-12-6-7-13(20-12)10-17-14-9-16(19-4)15(18-3)8-11(14)2/h6-9,17H,5,10H2,1-4H3. The number of hydrogen-bond acceptors (Lipinski definition) is 4. The Hall–Kier alpha value is -1.68. The number of ether oxygens (including phenoxy) is 2. The van der Waals surface area contributed by atoms with E-state index in [4.69, 9.17) is 9.47 Å². The number of nitrogens with one attached hydrogen (secondary N) is 1. The third-order valence-electron chi connectivity index (χ3n) is 3.25. The number of aryl methyl sites for hydroxylation is 2. The largest absolute Gasteiger partial charge is 0.493 e. The Bertz CT molecular complexity index is 578. The van der Waals surface area contributed by atoms with Crippen molar-refractivity contribution in [1.29, 1.82) is 0 Å². The van der Waals surface area contributed by atoms with Crippen molar-refractivity contribution >= 4 is 17.0 Å². The van der Waals surface area contributed by atoms with Crippen molar-refractivity contribution in [3.05, 3.63) is 39.6 Å². The zero-order valence-corrected chi connectivity index (χ0v) is 13.3. The molecule has 0 spiro atoms. The number of hydrogen-bond donors (Lipinski definition) is 1. The quantitative estimate of drug-likeness (QED) is 0.863. The predicted molar refractivity (Wildman–Crippen MR) is 85.3 cm³/mol. The summed E-state index contributed by atoms with van der Waals surface area (Å²) in [6.45, 7) is 5.08. The van der Waals surface area contributed by atoms with Crippen LogP contribution in [0.1, 0.15) is 22.2 Å². The molecular weight excluding hydrogens is 270 g/mol. The highest BCUT2D eigenvalue weighted by molar-refractivity contribution is 7.12. The van der Waals surface area contributed by atoms with Gasteiger partial charge in [-0.3, -0.25) is 0 Å². The fourth-order valence-electron chi connectivity index (χ4n) is 2.06. The molecule has 0 aliphatic rings. The monoisotopic (exact) mass is 291 g/mol. The summed E-state index contributed by atoms with van der Waals surface area (Å²) in [6.07, 6.45) is 1.10. The van der Waals surface area contributed by atoms with Gasteiger partial charge in [0.15, 0.2) is 11.5 Å². The van der Waals surface area contributed by atoms with E-state index in [1.54, 1.807) is 14.2 Å². The minimum atomic E-state index is 0.751. The summed E-state index contributed by atoms with van der Waals surface area (Å²) in [4.78, 5) is 2.77. The Morgan fingerprint density at radius 2 is 1.70 bits per heavy atom. The van der Waals surface area contributed by atoms with Crippen LogP contribution in [0, 0.1) is 6.92 Å². The first kappa shape index (κ1) is 14.7. The highest BCUT2D eigenvalue weighted by Crippen LogP contribution is 2.33. The van der Waals surface area contributed by atoms with E-state index in [2.05, 4.69) is 31.3 Å². The van der Waals surface area contributed by atoms with Crippen LogP contribution in [-0.4, -0.2) is 14.2 Å². The molecule has 1 N–H and O–H groups in total. The summed E-state index contributed by atoms with van der Waals surface area (Å²) in [5, 5.41) is 3.47. The molecule has 4 heteroatoms. The first-order chi connectivity index (χ1) is 9.67. The molecule has 0 radical (unpaired) electrons. The van der Waals surface area contributed by atoms with Crippen LogP contribution in [0.4, 0.5) is 5.69 Å². The van der Waals surface area contributed by atoms with Gasteiger partial charge in [-0.1, -0.05) is 6.92 Å². The second kappa shape index (κ2) is 6.66. The Balaban J connectivity index is 2.12. The van der Waals surface area contributed by atoms with Crippen LogP contribution in [0.5, 0.6) is 11.5 Å². The lowest BCUT2D eigenvalue weighted by molar-refractivity contribution is 0.355. The van der Waals surface area contributed by atoms with Crippen LogP contribution in [-0.2, 0) is 13.0 Å². The number of benzene rings is 1. The Morgan fingerprint density at radius 3 is 2.30 bits per heavy atom. The molecule has 108 valence electrons. The van der Waals surface area contributed by atoms with Gasteiger partial charge >= 0.3 is 0 Å². The highest BCUT2D eigenvalue weighted by Gasteiger charge is 2.08. The summed E-state index contributed by atoms with van der Waals surface area (Å²) in [5.74, 6) is 1.51. The zero-order valence-electron chi connectivity index (χ0n) is 12.4. The normalized spacial score (nSPS) is 10.4. The van der Waals surface area contributed by atoms with Gasteiger partial charge in [0.2, 0.25) is 0 Å². The molecule has 0 bridgehead atoms. The lowest BCUT2D eigenvalue weighted by Crippen LogP contribution is -2.01. The van der Waals surface area contributed by atoms with Crippen LogP contribution >= 0.6 is 11.3 Å². The molecule has 0 fully saturated rings. The van der Waals surface area contributed by atoms with E-state index in [1.807, 2.05) is 23.5 Å². The smallest absolute Gasteiger partial charge is 0.162 e. The summed E-state index contributed by atoms with van der Waals surface area (Å²) in [6, 6.07) is 8.37. The van der Waals surface area contributed by atoms with Crippen molar-refractivity contribution in [3.8, 4) is 11.5 Å². The maximum Gasteiger partial charge on any atom is 0.162 e. The molecular formula is C16H21NO2S. The Morgan fingerprint density at radius 1 is 1.05 bits per heavy atom. The molecule has 0 saturated carbocycles. The molecule has 0 aliphatic heterocycles. The summed E-state index contributed by atoms with van der Waals surface area (Å²) < 4.78 is 10.6. The summed E-state index contributed by atoms with van der Waals surface area (Å²) in [7, 11) is 3.31. The van der Waals surface area contributed by atoms with Gasteiger partial charge in [0.1, 0.15) is 0 Å². The second-order valence-electron chi connectivity index (χ2n) is 4.60. The van der Waals surface area contributed by atoms with E-state index in [1.165, 1.54) is 9.75 Å². The first-order valence-corrected chi connectivity index (χ1v) is 7.53. The molecule has 0 saturated heterocycles. The topological polar surface area (TPSA) is 30.5 Å². The molecule has 0 atom stereocenters. The minimum Gasteiger partial charge on any atom is -0.493 e. The predicted octanol–water partition coefficient (Wildman–Crippen LogP) is 4.25. The fourth-order valence-corrected chi connectivity index (χ4v) is 2.96. The molecule has 2 rings (SSSR count). The second-order valence-corrected chi connectivity index (χ2v) is 5.85. The van der Waals surface area contributed by atoms with Crippen molar-refractivity contribution < 1.29 is 9.47 Å². The van der Waals surface area contributed by atoms with Crippen molar-refractivity contribution in [3.63, 3.8) is 0 Å². The zero-order chi connectivity index (χ0) is 14.5. The van der Waals surface area contributed by atoms with Gasteiger partial charge in [0, 0.05) is 28.1 Å². The van der Waals surface area contributed by atoms with Crippen LogP contribution < -0.4 is 14.8 Å². The molecule has 3 nitrogen and oxygen atoms in total. The maximum absolute atomic E-state index is 5.34. The van der Waals surface area contributed by atoms with Gasteiger partial charge in [-0.25, -0.2) is 0 Å². The van der Waals surface area contributed by atoms with E-state index in [9.17, 15) is 0 Å². The first-order valence-electron chi connectivity index (χ1n) is 6.72. The molecule has 1 aromatic heterocycles. The maximum atomic E-state index is 5.34. The van der Waals surface area contributed by atoms with E-state index in [0.29, 0.717) is 0 Å². The number of thiophene rings is 1. The molecule has 1 heterocycles. The Kier molecular flexibility index (Phi) is 4.90. The van der Waals surface area contributed by atoms with Crippen LogP contribution in [0.15, 0.2) is 24.3 Å². The molecule has 0 aliphatic carbocycles. The summed E-state index contributed by atoms with van der Waals surface area (Å²) in [5.41, 5.74) is 2.23. The molecule has 0 unspecified atom stereocenters. The molecule has 20 heavy (non-hydrogen) atoms. The average Bonchev–Trinajstić information content (AvgIpc) is 2.93. The third kappa shape index (κ3) is 3.25. The number of methoxy groups -OCH3 is 2. The fraction of sp³-hybridized carbons (Fsp3) is 0.375. The van der Waals surface area contributed by atoms with E-state index >= 15 is 0 Å². The number of anilines is 1. The van der Waals surface area contributed by atoms with E-state index in [-0.39, 0.29) is 0 Å². The van der Waals surface area contributed by atoms with Crippen molar-refractivity contribution in [1.82, 2.24) is 0 Å². The van der Waals surface area contributed by atoms with Crippen LogP contribution in [0.25, 0.3) is 0 Å². The average molecular weight is 291 g/mol. The van der Waals surface area contributed by atoms with Gasteiger partial charge in [-0.2, -0.15) is 0 Å².